The number of anilines is 1. The van der Waals surface area contributed by atoms with Gasteiger partial charge in [0, 0.05) is 16.4 Å². The molecular weight excluding hydrogens is 306 g/mol. The van der Waals surface area contributed by atoms with Crippen molar-refractivity contribution in [1.29, 1.82) is 0 Å². The minimum Gasteiger partial charge on any atom is -0.310 e. The molecule has 0 spiro atoms. The van der Waals surface area contributed by atoms with Crippen molar-refractivity contribution in [1.82, 2.24) is 9.97 Å². The molecule has 0 unspecified atom stereocenters. The Kier molecular flexibility index (Phi) is 3.69. The zero-order valence-corrected chi connectivity index (χ0v) is 11.8. The van der Waals surface area contributed by atoms with Gasteiger partial charge >= 0.3 is 5.69 Å². The van der Waals surface area contributed by atoms with Crippen molar-refractivity contribution in [2.75, 3.05) is 4.72 Å². The highest BCUT2D eigenvalue weighted by atomic mass is 35.5. The average Bonchev–Trinajstić information content (AvgIpc) is 2.30. The number of H-pyrrole nitrogens is 2. The van der Waals surface area contributed by atoms with Gasteiger partial charge in [0.05, 0.1) is 0 Å². The van der Waals surface area contributed by atoms with Crippen molar-refractivity contribution in [3.05, 3.63) is 55.8 Å². The highest BCUT2D eigenvalue weighted by Crippen LogP contribution is 2.17. The quantitative estimate of drug-likeness (QED) is 0.778. The van der Waals surface area contributed by atoms with Gasteiger partial charge < -0.3 is 4.98 Å². The van der Waals surface area contributed by atoms with E-state index in [0.717, 1.165) is 0 Å². The van der Waals surface area contributed by atoms with Gasteiger partial charge in [0.2, 0.25) is 0 Å². The van der Waals surface area contributed by atoms with Crippen molar-refractivity contribution in [3.8, 4) is 0 Å². The van der Waals surface area contributed by atoms with Gasteiger partial charge in [0.25, 0.3) is 15.6 Å². The first-order valence-corrected chi connectivity index (χ1v) is 7.27. The van der Waals surface area contributed by atoms with E-state index in [1.165, 1.54) is 31.2 Å². The first kappa shape index (κ1) is 14.4. The van der Waals surface area contributed by atoms with E-state index in [0.29, 0.717) is 5.02 Å². The highest BCUT2D eigenvalue weighted by molar-refractivity contribution is 7.92. The number of benzene rings is 1. The second-order valence-electron chi connectivity index (χ2n) is 3.97. The van der Waals surface area contributed by atoms with Gasteiger partial charge in [-0.2, -0.15) is 0 Å². The average molecular weight is 316 g/mol. The van der Waals surface area contributed by atoms with E-state index >= 15 is 0 Å². The Morgan fingerprint density at radius 2 is 1.70 bits per heavy atom. The molecule has 0 fully saturated rings. The number of rotatable bonds is 3. The van der Waals surface area contributed by atoms with E-state index in [1.54, 1.807) is 0 Å². The molecule has 0 aliphatic carbocycles. The first-order valence-electron chi connectivity index (χ1n) is 5.41. The van der Waals surface area contributed by atoms with Crippen molar-refractivity contribution >= 4 is 27.3 Å². The lowest BCUT2D eigenvalue weighted by molar-refractivity contribution is 0.598. The van der Waals surface area contributed by atoms with Crippen LogP contribution in [0.3, 0.4) is 0 Å². The van der Waals surface area contributed by atoms with Crippen molar-refractivity contribution in [2.24, 2.45) is 0 Å². The Morgan fingerprint density at radius 3 is 2.25 bits per heavy atom. The molecule has 9 heteroatoms. The van der Waals surface area contributed by atoms with Gasteiger partial charge in [-0.15, -0.1) is 0 Å². The zero-order chi connectivity index (χ0) is 14.9. The molecule has 0 radical (unpaired) electrons. The molecule has 3 N–H and O–H groups in total. The van der Waals surface area contributed by atoms with Crippen LogP contribution in [0.15, 0.2) is 38.8 Å². The molecule has 1 heterocycles. The number of hydrogen-bond acceptors (Lipinski definition) is 4. The second-order valence-corrected chi connectivity index (χ2v) is 6.03. The fourth-order valence-electron chi connectivity index (χ4n) is 1.64. The minimum atomic E-state index is -4.11. The number of halogens is 1. The second kappa shape index (κ2) is 5.14. The molecule has 106 valence electrons. The zero-order valence-electron chi connectivity index (χ0n) is 10.2. The third-order valence-corrected chi connectivity index (χ3v) is 4.23. The predicted molar refractivity (Wildman–Crippen MR) is 74.7 cm³/mol. The molecule has 0 aliphatic heterocycles. The molecule has 1 aromatic carbocycles. The van der Waals surface area contributed by atoms with Crippen LogP contribution in [0.2, 0.25) is 5.02 Å². The smallest absolute Gasteiger partial charge is 0.310 e. The van der Waals surface area contributed by atoms with E-state index in [1.807, 2.05) is 4.98 Å². The van der Waals surface area contributed by atoms with Gasteiger partial charge in [-0.05, 0) is 31.2 Å². The Bertz CT molecular complexity index is 852. The Balaban J connectivity index is 2.49. The lowest BCUT2D eigenvalue weighted by atomic mass is 10.3. The third-order valence-electron chi connectivity index (χ3n) is 2.44. The molecule has 2 rings (SSSR count). The van der Waals surface area contributed by atoms with Gasteiger partial charge in [-0.3, -0.25) is 14.5 Å². The molecule has 0 bridgehead atoms. The molecule has 0 saturated carbocycles. The summed E-state index contributed by atoms with van der Waals surface area (Å²) in [6.45, 7) is 1.33. The summed E-state index contributed by atoms with van der Waals surface area (Å²) in [6.07, 6.45) is 0. The number of nitrogens with one attached hydrogen (secondary N) is 3. The molecule has 0 amide bonds. The van der Waals surface area contributed by atoms with E-state index in [-0.39, 0.29) is 11.4 Å². The summed E-state index contributed by atoms with van der Waals surface area (Å²) in [7, 11) is -4.11. The summed E-state index contributed by atoms with van der Waals surface area (Å²) in [5.74, 6) is 0. The maximum absolute atomic E-state index is 12.2. The fourth-order valence-corrected chi connectivity index (χ4v) is 3.06. The number of sulfonamides is 1. The van der Waals surface area contributed by atoms with E-state index < -0.39 is 26.2 Å². The summed E-state index contributed by atoms with van der Waals surface area (Å²) < 4.78 is 26.5. The van der Waals surface area contributed by atoms with Crippen LogP contribution < -0.4 is 16.0 Å². The normalized spacial score (nSPS) is 11.3. The van der Waals surface area contributed by atoms with Crippen LogP contribution in [0.5, 0.6) is 0 Å². The van der Waals surface area contributed by atoms with Crippen LogP contribution >= 0.6 is 11.6 Å². The molecule has 1 aromatic heterocycles. The standard InChI is InChI=1S/C11H10ClN3O4S/c1-6-9(10(16)14-11(17)13-6)20(18,19)15-8-4-2-7(12)3-5-8/h2-5,15H,1H3,(H2,13,14,16,17). The number of aromatic nitrogens is 2. The van der Waals surface area contributed by atoms with Gasteiger partial charge in [-0.25, -0.2) is 13.2 Å². The summed E-state index contributed by atoms with van der Waals surface area (Å²) in [6, 6.07) is 5.91. The maximum Gasteiger partial charge on any atom is 0.325 e. The number of hydrogen-bond donors (Lipinski definition) is 3. The number of aromatic amines is 2. The summed E-state index contributed by atoms with van der Waals surface area (Å²) in [5, 5.41) is 0.450. The van der Waals surface area contributed by atoms with Gasteiger partial charge in [-0.1, -0.05) is 11.6 Å². The van der Waals surface area contributed by atoms with Crippen LogP contribution in [0.4, 0.5) is 5.69 Å². The topological polar surface area (TPSA) is 112 Å². The fraction of sp³-hybridized carbons (Fsp3) is 0.0909. The Labute approximate surface area is 118 Å². The molecule has 7 nitrogen and oxygen atoms in total. The highest BCUT2D eigenvalue weighted by Gasteiger charge is 2.22. The van der Waals surface area contributed by atoms with Gasteiger partial charge in [0.1, 0.15) is 0 Å². The van der Waals surface area contributed by atoms with Crippen molar-refractivity contribution < 1.29 is 8.42 Å². The number of aryl methyl sites for hydroxylation is 1. The van der Waals surface area contributed by atoms with E-state index in [9.17, 15) is 18.0 Å². The predicted octanol–water partition coefficient (Wildman–Crippen LogP) is 0.826. The minimum absolute atomic E-state index is 0.0415. The van der Waals surface area contributed by atoms with E-state index in [2.05, 4.69) is 9.71 Å². The molecule has 2 aromatic rings. The molecule has 20 heavy (non-hydrogen) atoms. The van der Waals surface area contributed by atoms with Gasteiger partial charge in [0.15, 0.2) is 4.90 Å². The van der Waals surface area contributed by atoms with Crippen LogP contribution in [0, 0.1) is 6.92 Å². The third kappa shape index (κ3) is 2.91. The molecule has 0 saturated heterocycles. The first-order chi connectivity index (χ1) is 9.29. The SMILES string of the molecule is Cc1[nH]c(=O)[nH]c(=O)c1S(=O)(=O)Nc1ccc(Cl)cc1. The van der Waals surface area contributed by atoms with Crippen molar-refractivity contribution in [2.45, 2.75) is 11.8 Å². The summed E-state index contributed by atoms with van der Waals surface area (Å²) in [5.41, 5.74) is -1.54. The van der Waals surface area contributed by atoms with Crippen LogP contribution in [0.1, 0.15) is 5.69 Å². The molecular formula is C11H10ClN3O4S. The van der Waals surface area contributed by atoms with Crippen LogP contribution in [-0.4, -0.2) is 18.4 Å². The Morgan fingerprint density at radius 1 is 1.10 bits per heavy atom. The van der Waals surface area contributed by atoms with E-state index in [4.69, 9.17) is 11.6 Å². The summed E-state index contributed by atoms with van der Waals surface area (Å²) >= 11 is 5.70. The Hall–Kier alpha value is -2.06. The molecule has 0 atom stereocenters. The lowest BCUT2D eigenvalue weighted by Crippen LogP contribution is -2.31. The largest absolute Gasteiger partial charge is 0.325 e. The monoisotopic (exact) mass is 315 g/mol. The summed E-state index contributed by atoms with van der Waals surface area (Å²) in [4.78, 5) is 26.2. The lowest BCUT2D eigenvalue weighted by Gasteiger charge is -2.08. The van der Waals surface area contributed by atoms with Crippen LogP contribution in [-0.2, 0) is 10.0 Å². The van der Waals surface area contributed by atoms with Crippen molar-refractivity contribution in [3.63, 3.8) is 0 Å². The maximum atomic E-state index is 12.2. The van der Waals surface area contributed by atoms with Crippen LogP contribution in [0.25, 0.3) is 0 Å². The molecule has 0 aliphatic rings.